The lowest BCUT2D eigenvalue weighted by Crippen LogP contribution is -2.08. The number of hydrogen-bond acceptors (Lipinski definition) is 6. The van der Waals surface area contributed by atoms with Crippen molar-refractivity contribution in [1.82, 2.24) is 10.2 Å². The molecule has 2 rings (SSSR count). The number of carbonyl (C=O) groups excluding carboxylic acids is 1. The van der Waals surface area contributed by atoms with Crippen LogP contribution in [0.2, 0.25) is 0 Å². The predicted octanol–water partition coefficient (Wildman–Crippen LogP) is 1.71. The Bertz CT molecular complexity index is 708. The normalized spacial score (nSPS) is 10.6. The first-order valence-corrected chi connectivity index (χ1v) is 6.38. The SMILES string of the molecule is CCOc1ccccc1-c1nnc(NC(=O)/C=C\C(=O)O)o1. The first-order valence-electron chi connectivity index (χ1n) is 6.38. The zero-order valence-corrected chi connectivity index (χ0v) is 11.6. The van der Waals surface area contributed by atoms with Gasteiger partial charge in [-0.25, -0.2) is 4.79 Å². The number of aliphatic carboxylic acids is 1. The predicted molar refractivity (Wildman–Crippen MR) is 76.3 cm³/mol. The molecule has 8 heteroatoms. The van der Waals surface area contributed by atoms with Crippen LogP contribution in [0.1, 0.15) is 6.92 Å². The molecule has 2 aromatic rings. The standard InChI is InChI=1S/C14H13N3O5/c1-2-21-10-6-4-3-5-9(10)13-16-17-14(22-13)15-11(18)7-8-12(19)20/h3-8H,2H2,1H3,(H,19,20)(H,15,17,18)/b8-7-. The van der Waals surface area contributed by atoms with Gasteiger partial charge < -0.3 is 14.3 Å². The van der Waals surface area contributed by atoms with E-state index in [1.54, 1.807) is 18.2 Å². The van der Waals surface area contributed by atoms with E-state index in [2.05, 4.69) is 15.5 Å². The van der Waals surface area contributed by atoms with Crippen molar-refractivity contribution < 1.29 is 23.8 Å². The van der Waals surface area contributed by atoms with Crippen LogP contribution in [0, 0.1) is 0 Å². The lowest BCUT2D eigenvalue weighted by atomic mass is 10.2. The number of aromatic nitrogens is 2. The fourth-order valence-electron chi connectivity index (χ4n) is 1.60. The maximum absolute atomic E-state index is 11.4. The molecular formula is C14H13N3O5. The highest BCUT2D eigenvalue weighted by Gasteiger charge is 2.14. The van der Waals surface area contributed by atoms with Gasteiger partial charge in [0.1, 0.15) is 5.75 Å². The lowest BCUT2D eigenvalue weighted by molar-refractivity contribution is -0.131. The molecule has 0 bridgehead atoms. The summed E-state index contributed by atoms with van der Waals surface area (Å²) in [7, 11) is 0. The third kappa shape index (κ3) is 3.92. The van der Waals surface area contributed by atoms with E-state index in [4.69, 9.17) is 14.3 Å². The summed E-state index contributed by atoms with van der Waals surface area (Å²) in [5, 5.41) is 18.2. The van der Waals surface area contributed by atoms with Gasteiger partial charge in [0.2, 0.25) is 0 Å². The molecule has 22 heavy (non-hydrogen) atoms. The first kappa shape index (κ1) is 15.2. The summed E-state index contributed by atoms with van der Waals surface area (Å²) in [6.07, 6.45) is 1.55. The summed E-state index contributed by atoms with van der Waals surface area (Å²) in [6.45, 7) is 2.33. The molecule has 0 unspecified atom stereocenters. The molecule has 0 aliphatic rings. The summed E-state index contributed by atoms with van der Waals surface area (Å²) < 4.78 is 10.8. The molecule has 0 aliphatic carbocycles. The van der Waals surface area contributed by atoms with Crippen molar-refractivity contribution in [2.75, 3.05) is 11.9 Å². The average Bonchev–Trinajstić information content (AvgIpc) is 2.94. The Labute approximate surface area is 125 Å². The Hall–Kier alpha value is -3.16. The van der Waals surface area contributed by atoms with Crippen LogP contribution >= 0.6 is 0 Å². The second-order valence-electron chi connectivity index (χ2n) is 4.00. The summed E-state index contributed by atoms with van der Waals surface area (Å²) in [5.41, 5.74) is 0.596. The van der Waals surface area contributed by atoms with E-state index in [1.807, 2.05) is 13.0 Å². The maximum atomic E-state index is 11.4. The average molecular weight is 303 g/mol. The number of anilines is 1. The van der Waals surface area contributed by atoms with Gasteiger partial charge in [0.25, 0.3) is 11.8 Å². The van der Waals surface area contributed by atoms with Crippen molar-refractivity contribution in [3.8, 4) is 17.2 Å². The van der Waals surface area contributed by atoms with E-state index in [-0.39, 0.29) is 11.9 Å². The van der Waals surface area contributed by atoms with E-state index >= 15 is 0 Å². The van der Waals surface area contributed by atoms with Crippen LogP contribution in [-0.2, 0) is 9.59 Å². The first-order chi connectivity index (χ1) is 10.6. The minimum Gasteiger partial charge on any atom is -0.493 e. The molecule has 1 amide bonds. The van der Waals surface area contributed by atoms with Crippen molar-refractivity contribution >= 4 is 17.9 Å². The molecular weight excluding hydrogens is 290 g/mol. The second kappa shape index (κ2) is 7.02. The minimum atomic E-state index is -1.23. The van der Waals surface area contributed by atoms with Gasteiger partial charge in [0.05, 0.1) is 12.2 Å². The molecule has 0 aliphatic heterocycles. The smallest absolute Gasteiger partial charge is 0.328 e. The molecule has 2 N–H and O–H groups in total. The maximum Gasteiger partial charge on any atom is 0.328 e. The van der Waals surface area contributed by atoms with Gasteiger partial charge in [-0.3, -0.25) is 10.1 Å². The van der Waals surface area contributed by atoms with Crippen molar-refractivity contribution in [3.05, 3.63) is 36.4 Å². The summed E-state index contributed by atoms with van der Waals surface area (Å²) in [4.78, 5) is 21.7. The fourth-order valence-corrected chi connectivity index (χ4v) is 1.60. The fraction of sp³-hybridized carbons (Fsp3) is 0.143. The molecule has 0 saturated heterocycles. The van der Waals surface area contributed by atoms with Crippen molar-refractivity contribution in [3.63, 3.8) is 0 Å². The molecule has 8 nitrogen and oxygen atoms in total. The Morgan fingerprint density at radius 1 is 1.32 bits per heavy atom. The number of amides is 1. The number of benzene rings is 1. The number of para-hydroxylation sites is 1. The van der Waals surface area contributed by atoms with Gasteiger partial charge in [-0.1, -0.05) is 17.2 Å². The summed E-state index contributed by atoms with van der Waals surface area (Å²) >= 11 is 0. The van der Waals surface area contributed by atoms with Crippen LogP contribution in [0.5, 0.6) is 5.75 Å². The van der Waals surface area contributed by atoms with E-state index < -0.39 is 11.9 Å². The number of nitrogens with one attached hydrogen (secondary N) is 1. The zero-order chi connectivity index (χ0) is 15.9. The molecule has 0 spiro atoms. The third-order valence-electron chi connectivity index (χ3n) is 2.45. The Kier molecular flexibility index (Phi) is 4.86. The van der Waals surface area contributed by atoms with Gasteiger partial charge in [0, 0.05) is 12.2 Å². The molecule has 1 aromatic carbocycles. The number of carboxylic acid groups (broad SMARTS) is 1. The molecule has 0 atom stereocenters. The molecule has 1 aromatic heterocycles. The lowest BCUT2D eigenvalue weighted by Gasteiger charge is -2.05. The van der Waals surface area contributed by atoms with Crippen LogP contribution in [0.3, 0.4) is 0 Å². The number of hydrogen-bond donors (Lipinski definition) is 2. The number of ether oxygens (including phenoxy) is 1. The Morgan fingerprint density at radius 3 is 2.82 bits per heavy atom. The Balaban J connectivity index is 2.15. The van der Waals surface area contributed by atoms with Crippen LogP contribution < -0.4 is 10.1 Å². The molecule has 0 radical (unpaired) electrons. The molecule has 0 fully saturated rings. The third-order valence-corrected chi connectivity index (χ3v) is 2.45. The van der Waals surface area contributed by atoms with Gasteiger partial charge in [-0.2, -0.15) is 0 Å². The highest BCUT2D eigenvalue weighted by molar-refractivity contribution is 6.01. The van der Waals surface area contributed by atoms with Gasteiger partial charge in [-0.05, 0) is 19.1 Å². The van der Waals surface area contributed by atoms with Crippen molar-refractivity contribution in [2.24, 2.45) is 0 Å². The van der Waals surface area contributed by atoms with Crippen LogP contribution in [0.4, 0.5) is 6.01 Å². The highest BCUT2D eigenvalue weighted by atomic mass is 16.5. The zero-order valence-electron chi connectivity index (χ0n) is 11.6. The number of carbonyl (C=O) groups is 2. The van der Waals surface area contributed by atoms with Crippen molar-refractivity contribution in [1.29, 1.82) is 0 Å². The van der Waals surface area contributed by atoms with E-state index in [9.17, 15) is 9.59 Å². The van der Waals surface area contributed by atoms with Gasteiger partial charge in [0.15, 0.2) is 0 Å². The van der Waals surface area contributed by atoms with Crippen molar-refractivity contribution in [2.45, 2.75) is 6.92 Å². The quantitative estimate of drug-likeness (QED) is 0.780. The molecule has 0 saturated carbocycles. The highest BCUT2D eigenvalue weighted by Crippen LogP contribution is 2.29. The topological polar surface area (TPSA) is 115 Å². The summed E-state index contributed by atoms with van der Waals surface area (Å²) in [6, 6.07) is 6.97. The Morgan fingerprint density at radius 2 is 2.09 bits per heavy atom. The van der Waals surface area contributed by atoms with Crippen LogP contribution in [-0.4, -0.2) is 33.8 Å². The molecule has 114 valence electrons. The number of nitrogens with zero attached hydrogens (tertiary/aromatic N) is 2. The monoisotopic (exact) mass is 303 g/mol. The van der Waals surface area contributed by atoms with Gasteiger partial charge >= 0.3 is 12.0 Å². The minimum absolute atomic E-state index is 0.138. The largest absolute Gasteiger partial charge is 0.493 e. The van der Waals surface area contributed by atoms with E-state index in [0.29, 0.717) is 24.0 Å². The number of rotatable bonds is 6. The van der Waals surface area contributed by atoms with E-state index in [0.717, 1.165) is 6.08 Å². The number of carboxylic acids is 1. The van der Waals surface area contributed by atoms with Crippen LogP contribution in [0.25, 0.3) is 11.5 Å². The van der Waals surface area contributed by atoms with Crippen LogP contribution in [0.15, 0.2) is 40.8 Å². The summed E-state index contributed by atoms with van der Waals surface area (Å²) in [5.74, 6) is -1.15. The second-order valence-corrected chi connectivity index (χ2v) is 4.00. The van der Waals surface area contributed by atoms with E-state index in [1.165, 1.54) is 0 Å². The van der Waals surface area contributed by atoms with Gasteiger partial charge in [-0.15, -0.1) is 5.10 Å². The molecule has 1 heterocycles.